The number of aliphatic hydroxyl groups excluding tert-OH is 3. The van der Waals surface area contributed by atoms with Crippen molar-refractivity contribution >= 4 is 0 Å². The van der Waals surface area contributed by atoms with Crippen LogP contribution < -0.4 is 0 Å². The van der Waals surface area contributed by atoms with E-state index in [0.717, 1.165) is 0 Å². The Bertz CT molecular complexity index is 102. The molecule has 0 aromatic rings. The summed E-state index contributed by atoms with van der Waals surface area (Å²) >= 11 is 0. The minimum atomic E-state index is -1.07. The SMILES string of the molecule is C[C@@H]1OC[C@@H](O)[C@@H](O)C1O. The van der Waals surface area contributed by atoms with Crippen molar-refractivity contribution in [3.63, 3.8) is 0 Å². The van der Waals surface area contributed by atoms with Crippen LogP contribution in [0.3, 0.4) is 0 Å². The van der Waals surface area contributed by atoms with E-state index in [-0.39, 0.29) is 6.61 Å². The second-order valence-corrected chi connectivity index (χ2v) is 2.59. The van der Waals surface area contributed by atoms with Crippen molar-refractivity contribution in [1.82, 2.24) is 0 Å². The average Bonchev–Trinajstić information content (AvgIpc) is 1.93. The molecular formula is C6H12O4. The van der Waals surface area contributed by atoms with Gasteiger partial charge < -0.3 is 20.1 Å². The van der Waals surface area contributed by atoms with Gasteiger partial charge in [0.05, 0.1) is 12.7 Å². The van der Waals surface area contributed by atoms with Gasteiger partial charge in [-0.2, -0.15) is 0 Å². The number of rotatable bonds is 0. The van der Waals surface area contributed by atoms with Crippen molar-refractivity contribution in [3.05, 3.63) is 0 Å². The molecule has 4 atom stereocenters. The first kappa shape index (κ1) is 7.94. The Morgan fingerprint density at radius 1 is 1.20 bits per heavy atom. The summed E-state index contributed by atoms with van der Waals surface area (Å²) in [6.07, 6.45) is -3.38. The monoisotopic (exact) mass is 148 g/mol. The van der Waals surface area contributed by atoms with Gasteiger partial charge in [0.2, 0.25) is 0 Å². The van der Waals surface area contributed by atoms with Crippen LogP contribution in [0.15, 0.2) is 0 Å². The third-order valence-corrected chi connectivity index (χ3v) is 1.75. The molecule has 10 heavy (non-hydrogen) atoms. The fourth-order valence-corrected chi connectivity index (χ4v) is 0.953. The first-order chi connectivity index (χ1) is 4.63. The van der Waals surface area contributed by atoms with Crippen LogP contribution in [0.2, 0.25) is 0 Å². The minimum Gasteiger partial charge on any atom is -0.388 e. The van der Waals surface area contributed by atoms with Crippen molar-refractivity contribution in [2.24, 2.45) is 0 Å². The van der Waals surface area contributed by atoms with Crippen LogP contribution in [-0.4, -0.2) is 46.3 Å². The predicted molar refractivity (Wildman–Crippen MR) is 33.4 cm³/mol. The maximum atomic E-state index is 9.08. The molecule has 3 N–H and O–H groups in total. The number of aliphatic hydroxyl groups is 3. The summed E-state index contributed by atoms with van der Waals surface area (Å²) in [4.78, 5) is 0. The quantitative estimate of drug-likeness (QED) is 0.390. The summed E-state index contributed by atoms with van der Waals surface area (Å²) in [7, 11) is 0. The van der Waals surface area contributed by atoms with Crippen LogP contribution in [-0.2, 0) is 4.74 Å². The predicted octanol–water partition coefficient (Wildman–Crippen LogP) is -1.51. The molecule has 0 aromatic carbocycles. The van der Waals surface area contributed by atoms with E-state index in [0.29, 0.717) is 0 Å². The highest BCUT2D eigenvalue weighted by Gasteiger charge is 2.34. The molecule has 60 valence electrons. The molecule has 0 spiro atoms. The zero-order chi connectivity index (χ0) is 7.72. The number of hydrogen-bond donors (Lipinski definition) is 3. The smallest absolute Gasteiger partial charge is 0.110 e. The van der Waals surface area contributed by atoms with Crippen LogP contribution in [0.25, 0.3) is 0 Å². The molecule has 0 bridgehead atoms. The van der Waals surface area contributed by atoms with E-state index in [1.54, 1.807) is 6.92 Å². The normalized spacial score (nSPS) is 49.2. The highest BCUT2D eigenvalue weighted by molar-refractivity contribution is 4.83. The molecule has 1 aliphatic heterocycles. The summed E-state index contributed by atoms with van der Waals surface area (Å²) in [6.45, 7) is 1.75. The van der Waals surface area contributed by atoms with Crippen molar-refractivity contribution in [2.75, 3.05) is 6.61 Å². The van der Waals surface area contributed by atoms with Crippen LogP contribution in [0.1, 0.15) is 6.92 Å². The second kappa shape index (κ2) is 2.84. The first-order valence-electron chi connectivity index (χ1n) is 3.28. The molecule has 1 heterocycles. The fourth-order valence-electron chi connectivity index (χ4n) is 0.953. The Morgan fingerprint density at radius 2 is 1.80 bits per heavy atom. The third-order valence-electron chi connectivity index (χ3n) is 1.75. The Labute approximate surface area is 59.1 Å². The Hall–Kier alpha value is -0.160. The van der Waals surface area contributed by atoms with Gasteiger partial charge in [0.25, 0.3) is 0 Å². The van der Waals surface area contributed by atoms with E-state index in [1.807, 2.05) is 0 Å². The molecule has 4 heteroatoms. The van der Waals surface area contributed by atoms with Crippen LogP contribution >= 0.6 is 0 Å². The first-order valence-corrected chi connectivity index (χ1v) is 3.28. The third kappa shape index (κ3) is 1.29. The van der Waals surface area contributed by atoms with Gasteiger partial charge in [-0.05, 0) is 6.92 Å². The molecule has 1 aliphatic rings. The lowest BCUT2D eigenvalue weighted by atomic mass is 10.0. The molecule has 1 rings (SSSR count). The Morgan fingerprint density at radius 3 is 2.30 bits per heavy atom. The second-order valence-electron chi connectivity index (χ2n) is 2.59. The van der Waals surface area contributed by atoms with Crippen LogP contribution in [0.5, 0.6) is 0 Å². The Balaban J connectivity index is 2.52. The van der Waals surface area contributed by atoms with E-state index < -0.39 is 24.4 Å². The lowest BCUT2D eigenvalue weighted by Crippen LogP contribution is -2.51. The molecule has 4 nitrogen and oxygen atoms in total. The minimum absolute atomic E-state index is 0.0966. The highest BCUT2D eigenvalue weighted by Crippen LogP contribution is 2.14. The Kier molecular flexibility index (Phi) is 2.25. The molecule has 1 saturated heterocycles. The lowest BCUT2D eigenvalue weighted by molar-refractivity contribution is -0.181. The van der Waals surface area contributed by atoms with Crippen LogP contribution in [0.4, 0.5) is 0 Å². The molecule has 1 fully saturated rings. The van der Waals surface area contributed by atoms with E-state index in [2.05, 4.69) is 0 Å². The van der Waals surface area contributed by atoms with Gasteiger partial charge in [-0.25, -0.2) is 0 Å². The maximum Gasteiger partial charge on any atom is 0.110 e. The molecule has 0 amide bonds. The lowest BCUT2D eigenvalue weighted by Gasteiger charge is -2.33. The van der Waals surface area contributed by atoms with Gasteiger partial charge in [0.1, 0.15) is 18.3 Å². The zero-order valence-electron chi connectivity index (χ0n) is 5.77. The summed E-state index contributed by atoms with van der Waals surface area (Å²) in [5.74, 6) is 0. The largest absolute Gasteiger partial charge is 0.388 e. The average molecular weight is 148 g/mol. The fraction of sp³-hybridized carbons (Fsp3) is 1.00. The van der Waals surface area contributed by atoms with Gasteiger partial charge in [0.15, 0.2) is 0 Å². The topological polar surface area (TPSA) is 69.9 Å². The van der Waals surface area contributed by atoms with E-state index in [1.165, 1.54) is 0 Å². The molecule has 0 aliphatic carbocycles. The van der Waals surface area contributed by atoms with Crippen molar-refractivity contribution in [2.45, 2.75) is 31.3 Å². The number of hydrogen-bond acceptors (Lipinski definition) is 4. The summed E-state index contributed by atoms with van der Waals surface area (Å²) in [5, 5.41) is 27.0. The highest BCUT2D eigenvalue weighted by atomic mass is 16.5. The van der Waals surface area contributed by atoms with Gasteiger partial charge in [-0.3, -0.25) is 0 Å². The van der Waals surface area contributed by atoms with E-state index in [9.17, 15) is 0 Å². The standard InChI is InChI=1S/C6H12O4/c1-3-5(8)6(9)4(7)2-10-3/h3-9H,2H2,1H3/t3-,4+,5?,6+/m0/s1. The van der Waals surface area contributed by atoms with Gasteiger partial charge in [-0.15, -0.1) is 0 Å². The molecule has 0 saturated carbocycles. The van der Waals surface area contributed by atoms with Crippen LogP contribution in [0, 0.1) is 0 Å². The van der Waals surface area contributed by atoms with E-state index in [4.69, 9.17) is 20.1 Å². The molecule has 1 unspecified atom stereocenters. The van der Waals surface area contributed by atoms with Gasteiger partial charge in [0, 0.05) is 0 Å². The molecule has 0 radical (unpaired) electrons. The summed E-state index contributed by atoms with van der Waals surface area (Å²) < 4.78 is 4.91. The van der Waals surface area contributed by atoms with Crippen molar-refractivity contribution in [3.8, 4) is 0 Å². The molecular weight excluding hydrogens is 136 g/mol. The van der Waals surface area contributed by atoms with Gasteiger partial charge >= 0.3 is 0 Å². The summed E-state index contributed by atoms with van der Waals surface area (Å²) in [5.41, 5.74) is 0. The molecule has 0 aromatic heterocycles. The summed E-state index contributed by atoms with van der Waals surface area (Å²) in [6, 6.07) is 0. The van der Waals surface area contributed by atoms with Crippen molar-refractivity contribution < 1.29 is 20.1 Å². The van der Waals surface area contributed by atoms with Gasteiger partial charge in [-0.1, -0.05) is 0 Å². The number of ether oxygens (including phenoxy) is 1. The maximum absolute atomic E-state index is 9.08. The zero-order valence-corrected chi connectivity index (χ0v) is 5.77. The van der Waals surface area contributed by atoms with E-state index >= 15 is 0 Å². The van der Waals surface area contributed by atoms with Crippen molar-refractivity contribution in [1.29, 1.82) is 0 Å².